The van der Waals surface area contributed by atoms with Crippen LogP contribution in [0.5, 0.6) is 5.75 Å². The first-order valence-electron chi connectivity index (χ1n) is 6.70. The third kappa shape index (κ3) is 7.17. The zero-order valence-corrected chi connectivity index (χ0v) is 14.8. The van der Waals surface area contributed by atoms with Crippen LogP contribution in [0.1, 0.15) is 5.56 Å². The van der Waals surface area contributed by atoms with Gasteiger partial charge in [0.05, 0.1) is 12.9 Å². The Labute approximate surface area is 141 Å². The molecule has 0 radical (unpaired) electrons. The maximum atomic E-state index is 12.1. The number of hydrogen-bond acceptors (Lipinski definition) is 6. The molecular weight excluding hydrogens is 346 g/mol. The Kier molecular flexibility index (Phi) is 7.77. The monoisotopic (exact) mass is 365 g/mol. The Bertz CT molecular complexity index is 634. The van der Waals surface area contributed by atoms with Crippen molar-refractivity contribution >= 4 is 27.6 Å². The van der Waals surface area contributed by atoms with Gasteiger partial charge in [-0.05, 0) is 18.2 Å². The second kappa shape index (κ2) is 9.07. The molecule has 0 N–H and O–H groups in total. The summed E-state index contributed by atoms with van der Waals surface area (Å²) in [5, 5.41) is 0.409. The largest absolute Gasteiger partial charge is 0.383 e. The first kappa shape index (κ1) is 19.7. The first-order valence-corrected chi connectivity index (χ1v) is 8.89. The molecule has 0 spiro atoms. The van der Waals surface area contributed by atoms with Crippen LogP contribution in [-0.4, -0.2) is 59.5 Å². The molecule has 0 aliphatic rings. The Hall–Kier alpha value is -1.35. The lowest BCUT2D eigenvalue weighted by molar-refractivity contribution is -0.136. The molecule has 0 aliphatic carbocycles. The second-order valence-electron chi connectivity index (χ2n) is 4.78. The molecule has 1 rings (SSSR count). The van der Waals surface area contributed by atoms with Crippen LogP contribution in [0.15, 0.2) is 18.2 Å². The van der Waals surface area contributed by atoms with E-state index in [-0.39, 0.29) is 24.8 Å². The number of nitrogens with zero attached hydrogens (tertiary/aromatic N) is 1. The minimum Gasteiger partial charge on any atom is -0.383 e. The zero-order chi connectivity index (χ0) is 17.5. The third-order valence-electron chi connectivity index (χ3n) is 2.81. The highest BCUT2D eigenvalue weighted by atomic mass is 35.5. The summed E-state index contributed by atoms with van der Waals surface area (Å²) in [5.41, 5.74) is 0.475. The van der Waals surface area contributed by atoms with Gasteiger partial charge in [-0.2, -0.15) is 8.42 Å². The number of hydrogen-bond donors (Lipinski definition) is 0. The maximum Gasteiger partial charge on any atom is 0.306 e. The van der Waals surface area contributed by atoms with Crippen molar-refractivity contribution in [3.63, 3.8) is 0 Å². The minimum absolute atomic E-state index is 0.0907. The van der Waals surface area contributed by atoms with Gasteiger partial charge in [-0.25, -0.2) is 0 Å². The third-order valence-corrected chi connectivity index (χ3v) is 3.53. The number of carbonyl (C=O) groups is 1. The molecule has 0 aromatic heterocycles. The average Bonchev–Trinajstić information content (AvgIpc) is 2.45. The van der Waals surface area contributed by atoms with E-state index in [2.05, 4.69) is 0 Å². The summed E-state index contributed by atoms with van der Waals surface area (Å²) in [6.07, 6.45) is 0.949. The van der Waals surface area contributed by atoms with E-state index in [9.17, 15) is 13.2 Å². The molecule has 0 aliphatic heterocycles. The van der Waals surface area contributed by atoms with E-state index in [0.717, 1.165) is 6.26 Å². The molecule has 0 saturated carbocycles. The number of benzene rings is 1. The molecule has 0 atom stereocenters. The summed E-state index contributed by atoms with van der Waals surface area (Å²) < 4.78 is 37.5. The minimum atomic E-state index is -3.69. The molecule has 0 bridgehead atoms. The van der Waals surface area contributed by atoms with Gasteiger partial charge in [0.2, 0.25) is 5.91 Å². The Balaban J connectivity index is 3.05. The molecule has 1 aromatic carbocycles. The van der Waals surface area contributed by atoms with Crippen LogP contribution in [0.3, 0.4) is 0 Å². The molecule has 1 aromatic rings. The number of rotatable bonds is 9. The van der Waals surface area contributed by atoms with Crippen molar-refractivity contribution in [3.8, 4) is 5.75 Å². The summed E-state index contributed by atoms with van der Waals surface area (Å²) >= 11 is 5.96. The van der Waals surface area contributed by atoms with Crippen LogP contribution >= 0.6 is 11.6 Å². The summed E-state index contributed by atoms with van der Waals surface area (Å²) in [6.45, 7) is 0.686. The standard InChI is InChI=1S/C14H20ClNO6S/c1-20-7-6-16(14(17)10-21-2)9-11-8-12(15)4-5-13(11)22-23(3,18)19/h4-5,8H,6-7,9-10H2,1-3H3. The fraction of sp³-hybridized carbons (Fsp3) is 0.500. The lowest BCUT2D eigenvalue weighted by Gasteiger charge is -2.23. The molecule has 7 nitrogen and oxygen atoms in total. The Morgan fingerprint density at radius 2 is 1.96 bits per heavy atom. The zero-order valence-electron chi connectivity index (χ0n) is 13.2. The number of methoxy groups -OCH3 is 2. The lowest BCUT2D eigenvalue weighted by Crippen LogP contribution is -2.36. The number of ether oxygens (including phenoxy) is 2. The topological polar surface area (TPSA) is 82.1 Å². The Morgan fingerprint density at radius 1 is 1.26 bits per heavy atom. The highest BCUT2D eigenvalue weighted by Crippen LogP contribution is 2.25. The quantitative estimate of drug-likeness (QED) is 0.613. The van der Waals surface area contributed by atoms with Crippen molar-refractivity contribution in [1.29, 1.82) is 0 Å². The molecule has 0 unspecified atom stereocenters. The first-order chi connectivity index (χ1) is 10.8. The number of carbonyl (C=O) groups excluding carboxylic acids is 1. The maximum absolute atomic E-state index is 12.1. The fourth-order valence-electron chi connectivity index (χ4n) is 1.83. The average molecular weight is 366 g/mol. The predicted octanol–water partition coefficient (Wildman–Crippen LogP) is 1.30. The second-order valence-corrected chi connectivity index (χ2v) is 6.79. The van der Waals surface area contributed by atoms with Crippen molar-refractivity contribution in [2.24, 2.45) is 0 Å². The van der Waals surface area contributed by atoms with Gasteiger partial charge in [0.25, 0.3) is 0 Å². The van der Waals surface area contributed by atoms with Crippen LogP contribution in [-0.2, 0) is 30.9 Å². The van der Waals surface area contributed by atoms with Crippen molar-refractivity contribution in [1.82, 2.24) is 4.90 Å². The normalized spacial score (nSPS) is 11.3. The molecule has 0 saturated heterocycles. The van der Waals surface area contributed by atoms with Gasteiger partial charge in [-0.1, -0.05) is 11.6 Å². The van der Waals surface area contributed by atoms with Crippen LogP contribution in [0.2, 0.25) is 5.02 Å². The Morgan fingerprint density at radius 3 is 2.52 bits per heavy atom. The highest BCUT2D eigenvalue weighted by molar-refractivity contribution is 7.86. The van der Waals surface area contributed by atoms with E-state index in [1.165, 1.54) is 31.3 Å². The van der Waals surface area contributed by atoms with Crippen molar-refractivity contribution < 1.29 is 26.9 Å². The van der Waals surface area contributed by atoms with Crippen molar-refractivity contribution in [3.05, 3.63) is 28.8 Å². The number of halogens is 1. The molecule has 0 heterocycles. The molecule has 23 heavy (non-hydrogen) atoms. The van der Waals surface area contributed by atoms with E-state index < -0.39 is 10.1 Å². The SMILES string of the molecule is COCCN(Cc1cc(Cl)ccc1OS(C)(=O)=O)C(=O)COC. The number of amides is 1. The van der Waals surface area contributed by atoms with Crippen molar-refractivity contribution in [2.45, 2.75) is 6.54 Å². The molecule has 130 valence electrons. The molecule has 0 fully saturated rings. The van der Waals surface area contributed by atoms with Gasteiger partial charge in [-0.15, -0.1) is 0 Å². The van der Waals surface area contributed by atoms with Crippen LogP contribution < -0.4 is 4.18 Å². The molecule has 9 heteroatoms. The van der Waals surface area contributed by atoms with E-state index in [4.69, 9.17) is 25.3 Å². The van der Waals surface area contributed by atoms with Gasteiger partial charge in [-0.3, -0.25) is 4.79 Å². The van der Waals surface area contributed by atoms with Crippen LogP contribution in [0, 0.1) is 0 Å². The summed E-state index contributed by atoms with van der Waals surface area (Å²) in [6, 6.07) is 4.53. The van der Waals surface area contributed by atoms with E-state index >= 15 is 0 Å². The highest BCUT2D eigenvalue weighted by Gasteiger charge is 2.18. The summed E-state index contributed by atoms with van der Waals surface area (Å²) in [4.78, 5) is 13.6. The van der Waals surface area contributed by atoms with Crippen molar-refractivity contribution in [2.75, 3.05) is 40.2 Å². The van der Waals surface area contributed by atoms with Gasteiger partial charge in [0, 0.05) is 37.9 Å². The fourth-order valence-corrected chi connectivity index (χ4v) is 2.51. The summed E-state index contributed by atoms with van der Waals surface area (Å²) in [5.74, 6) is -0.126. The van der Waals surface area contributed by atoms with Crippen LogP contribution in [0.25, 0.3) is 0 Å². The van der Waals surface area contributed by atoms with Gasteiger partial charge in [0.15, 0.2) is 0 Å². The van der Waals surface area contributed by atoms with Gasteiger partial charge >= 0.3 is 10.1 Å². The molecular formula is C14H20ClNO6S. The van der Waals surface area contributed by atoms with E-state index in [0.29, 0.717) is 23.7 Å². The van der Waals surface area contributed by atoms with Gasteiger partial charge in [0.1, 0.15) is 12.4 Å². The smallest absolute Gasteiger partial charge is 0.306 e. The van der Waals surface area contributed by atoms with Crippen LogP contribution in [0.4, 0.5) is 0 Å². The van der Waals surface area contributed by atoms with Gasteiger partial charge < -0.3 is 18.6 Å². The molecule has 1 amide bonds. The van der Waals surface area contributed by atoms with E-state index in [1.54, 1.807) is 6.07 Å². The predicted molar refractivity (Wildman–Crippen MR) is 86.1 cm³/mol. The lowest BCUT2D eigenvalue weighted by atomic mass is 10.2. The van der Waals surface area contributed by atoms with E-state index in [1.807, 2.05) is 0 Å². The summed E-state index contributed by atoms with van der Waals surface area (Å²) in [7, 11) is -0.747.